The van der Waals surface area contributed by atoms with Gasteiger partial charge in [-0.2, -0.15) is 0 Å². The Balaban J connectivity index is 0.941. The van der Waals surface area contributed by atoms with E-state index in [1.807, 2.05) is 20.8 Å². The highest BCUT2D eigenvalue weighted by Crippen LogP contribution is 2.45. The maximum Gasteiger partial charge on any atom is 0.347 e. The predicted molar refractivity (Wildman–Crippen MR) is 275 cm³/mol. The summed E-state index contributed by atoms with van der Waals surface area (Å²) in [6.07, 6.45) is 0.914. The van der Waals surface area contributed by atoms with E-state index in [1.54, 1.807) is 38.1 Å². The number of esters is 2. The summed E-state index contributed by atoms with van der Waals surface area (Å²) in [7, 11) is 1.50. The van der Waals surface area contributed by atoms with Crippen molar-refractivity contribution in [2.45, 2.75) is 97.3 Å². The van der Waals surface area contributed by atoms with E-state index in [0.717, 1.165) is 44.8 Å². The average molecular weight is 1070 g/mol. The number of carbonyl (C=O) groups excluding carboxylic acids is 5. The van der Waals surface area contributed by atoms with Crippen LogP contribution < -0.4 is 20.2 Å². The smallest absolute Gasteiger partial charge is 0.347 e. The van der Waals surface area contributed by atoms with E-state index >= 15 is 0 Å². The second-order valence-electron chi connectivity index (χ2n) is 20.1. The van der Waals surface area contributed by atoms with Crippen molar-refractivity contribution in [2.75, 3.05) is 86.0 Å². The van der Waals surface area contributed by atoms with Gasteiger partial charge in [-0.05, 0) is 61.1 Å². The number of methoxy groups -OCH3 is 1. The van der Waals surface area contributed by atoms with Crippen LogP contribution in [0.3, 0.4) is 0 Å². The number of amides is 2. The van der Waals surface area contributed by atoms with Gasteiger partial charge in [0.05, 0.1) is 69.7 Å². The van der Waals surface area contributed by atoms with Gasteiger partial charge in [0.2, 0.25) is 23.6 Å². The van der Waals surface area contributed by atoms with E-state index in [1.165, 1.54) is 30.9 Å². The lowest BCUT2D eigenvalue weighted by Gasteiger charge is -2.34. The Labute approximate surface area is 443 Å². The highest BCUT2D eigenvalue weighted by atomic mass is 35.5. The van der Waals surface area contributed by atoms with Crippen LogP contribution in [0.2, 0.25) is 5.02 Å². The molecule has 2 aromatic carbocycles. The standard InChI is InChI=1S/C54H74ClN5O15/c1-35(2)30-44-52(66)72-42(8-7-9-45(61)57-41(32-38-12-15-43(68-6)40(55)31-38)51(65)56-34-54(4,5)53(67)73-44)36(3)49-50(74-49)39-13-10-37(11-14-39)33-59-21-19-58(20-22-59)23-25-70-27-29-71-28-26-69-24-18-48(64)75-60-46(62)16-17-47(60)63/h7,9-17,31,35-36,41-42,44,49-50,62-63H,8,18-30,32-34H2,1-6H3,(H,56,65)(H,57,61)/t36-,41+,42-,44-,49+,50+/m0/s1. The molecule has 0 unspecified atom stereocenters. The lowest BCUT2D eigenvalue weighted by molar-refractivity contribution is -0.179. The molecule has 0 saturated carbocycles. The van der Waals surface area contributed by atoms with E-state index < -0.39 is 53.4 Å². The van der Waals surface area contributed by atoms with E-state index in [2.05, 4.69) is 44.7 Å². The third-order valence-electron chi connectivity index (χ3n) is 13.2. The molecule has 6 rings (SSSR count). The summed E-state index contributed by atoms with van der Waals surface area (Å²) in [6.45, 7) is 16.4. The first kappa shape index (κ1) is 58.5. The molecular formula is C54H74ClN5O15. The van der Waals surface area contributed by atoms with Crippen molar-refractivity contribution >= 4 is 41.3 Å². The molecule has 2 saturated heterocycles. The average Bonchev–Trinajstić information content (AvgIpc) is 4.12. The molecule has 3 aliphatic rings. The Hall–Kier alpha value is -5.74. The zero-order valence-corrected chi connectivity index (χ0v) is 44.6. The Kier molecular flexibility index (Phi) is 22.2. The van der Waals surface area contributed by atoms with Crippen LogP contribution in [0, 0.1) is 17.3 Å². The third kappa shape index (κ3) is 18.2. The Bertz CT molecular complexity index is 2370. The number of piperazine rings is 1. The van der Waals surface area contributed by atoms with E-state index in [9.17, 15) is 34.2 Å². The number of epoxide rings is 1. The van der Waals surface area contributed by atoms with Gasteiger partial charge in [-0.1, -0.05) is 68.8 Å². The van der Waals surface area contributed by atoms with Crippen LogP contribution >= 0.6 is 11.6 Å². The second-order valence-corrected chi connectivity index (χ2v) is 20.5. The van der Waals surface area contributed by atoms with Crippen molar-refractivity contribution < 1.29 is 72.2 Å². The van der Waals surface area contributed by atoms with Crippen LogP contribution in [0.4, 0.5) is 0 Å². The largest absolute Gasteiger partial charge is 0.495 e. The van der Waals surface area contributed by atoms with Crippen molar-refractivity contribution in [1.29, 1.82) is 0 Å². The summed E-state index contributed by atoms with van der Waals surface area (Å²) in [5.41, 5.74) is 1.62. The molecule has 4 heterocycles. The zero-order valence-electron chi connectivity index (χ0n) is 43.8. The van der Waals surface area contributed by atoms with Gasteiger partial charge >= 0.3 is 17.9 Å². The molecule has 0 spiro atoms. The van der Waals surface area contributed by atoms with Gasteiger partial charge in [0.25, 0.3) is 0 Å². The number of hydrogen-bond acceptors (Lipinski definition) is 17. The van der Waals surface area contributed by atoms with Crippen molar-refractivity contribution in [3.63, 3.8) is 0 Å². The predicted octanol–water partition coefficient (Wildman–Crippen LogP) is 4.55. The fraction of sp³-hybridized carbons (Fsp3) is 0.574. The van der Waals surface area contributed by atoms with Crippen LogP contribution in [-0.4, -0.2) is 165 Å². The molecule has 3 aliphatic heterocycles. The van der Waals surface area contributed by atoms with Crippen molar-refractivity contribution in [2.24, 2.45) is 17.3 Å². The van der Waals surface area contributed by atoms with Crippen LogP contribution in [0.5, 0.6) is 17.5 Å². The number of aromatic nitrogens is 1. The monoisotopic (exact) mass is 1070 g/mol. The second kappa shape index (κ2) is 28.4. The first-order valence-corrected chi connectivity index (χ1v) is 26.0. The quantitative estimate of drug-likeness (QED) is 0.0579. The number of ether oxygens (including phenoxy) is 7. The van der Waals surface area contributed by atoms with Crippen molar-refractivity contribution in [3.8, 4) is 17.5 Å². The highest BCUT2D eigenvalue weighted by molar-refractivity contribution is 6.32. The molecule has 20 nitrogen and oxygen atoms in total. The Morgan fingerprint density at radius 2 is 1.48 bits per heavy atom. The Morgan fingerprint density at radius 3 is 2.13 bits per heavy atom. The minimum absolute atomic E-state index is 0.0166. The van der Waals surface area contributed by atoms with Crippen molar-refractivity contribution in [3.05, 3.63) is 88.5 Å². The molecule has 6 atom stereocenters. The number of halogens is 1. The van der Waals surface area contributed by atoms with Crippen LogP contribution in [-0.2, 0) is 65.4 Å². The molecule has 412 valence electrons. The molecule has 2 amide bonds. The fourth-order valence-corrected chi connectivity index (χ4v) is 8.88. The summed E-state index contributed by atoms with van der Waals surface area (Å²) in [6, 6.07) is 14.9. The number of hydrogen-bond donors (Lipinski definition) is 4. The number of benzene rings is 2. The summed E-state index contributed by atoms with van der Waals surface area (Å²) >= 11 is 6.38. The van der Waals surface area contributed by atoms with Gasteiger partial charge in [-0.15, -0.1) is 4.73 Å². The molecule has 21 heteroatoms. The number of carbonyl (C=O) groups is 5. The fourth-order valence-electron chi connectivity index (χ4n) is 8.60. The van der Waals surface area contributed by atoms with E-state index in [-0.39, 0.29) is 74.6 Å². The molecule has 75 heavy (non-hydrogen) atoms. The maximum atomic E-state index is 13.9. The molecule has 3 aromatic rings. The number of rotatable bonds is 23. The molecule has 0 aliphatic carbocycles. The first-order valence-electron chi connectivity index (χ1n) is 25.6. The zero-order chi connectivity index (χ0) is 54.1. The summed E-state index contributed by atoms with van der Waals surface area (Å²) in [5, 5.41) is 25.0. The van der Waals surface area contributed by atoms with Gasteiger partial charge < -0.3 is 58.8 Å². The minimum Gasteiger partial charge on any atom is -0.495 e. The molecule has 1 aromatic heterocycles. The Morgan fingerprint density at radius 1 is 0.840 bits per heavy atom. The van der Waals surface area contributed by atoms with Crippen LogP contribution in [0.1, 0.15) is 76.7 Å². The van der Waals surface area contributed by atoms with Gasteiger partial charge in [-0.25, -0.2) is 9.59 Å². The molecular weight excluding hydrogens is 994 g/mol. The summed E-state index contributed by atoms with van der Waals surface area (Å²) < 4.78 is 40.9. The first-order chi connectivity index (χ1) is 35.9. The molecule has 4 N–H and O–H groups in total. The SMILES string of the molecule is COc1ccc(C[C@H]2NC(=O)C=CC[C@@H]([C@H](C)[C@H]3O[C@@H]3c3ccc(CN4CCN(CCOCCOCCOCCC(=O)On5c(O)ccc5O)CC4)cc3)OC(=O)[C@H](CC(C)C)OC(=O)C(C)(C)CNC2=O)cc1Cl. The van der Waals surface area contributed by atoms with E-state index in [0.29, 0.717) is 54.1 Å². The summed E-state index contributed by atoms with van der Waals surface area (Å²) in [4.78, 5) is 76.2. The number of aromatic hydroxyl groups is 2. The van der Waals surface area contributed by atoms with Gasteiger partial charge in [0, 0.05) is 76.7 Å². The minimum atomic E-state index is -1.24. The lowest BCUT2D eigenvalue weighted by Crippen LogP contribution is -2.51. The highest BCUT2D eigenvalue weighted by Gasteiger charge is 2.48. The number of nitrogens with zero attached hydrogens (tertiary/aromatic N) is 3. The normalized spacial score (nSPS) is 22.5. The number of cyclic esters (lactones) is 2. The molecule has 2 fully saturated rings. The van der Waals surface area contributed by atoms with Gasteiger partial charge in [0.15, 0.2) is 6.10 Å². The van der Waals surface area contributed by atoms with Gasteiger partial charge in [0.1, 0.15) is 24.0 Å². The molecule has 0 bridgehead atoms. The van der Waals surface area contributed by atoms with Crippen LogP contribution in [0.25, 0.3) is 0 Å². The topological polar surface area (TPSA) is 238 Å². The van der Waals surface area contributed by atoms with Crippen molar-refractivity contribution in [1.82, 2.24) is 25.2 Å². The van der Waals surface area contributed by atoms with Gasteiger partial charge in [-0.3, -0.25) is 24.2 Å². The third-order valence-corrected chi connectivity index (χ3v) is 13.5. The summed E-state index contributed by atoms with van der Waals surface area (Å²) in [5.74, 6) is -3.71. The molecule has 0 radical (unpaired) electrons. The lowest BCUT2D eigenvalue weighted by atomic mass is 9.92. The maximum absolute atomic E-state index is 13.9. The van der Waals surface area contributed by atoms with Crippen LogP contribution in [0.15, 0.2) is 66.7 Å². The van der Waals surface area contributed by atoms with E-state index in [4.69, 9.17) is 49.6 Å². The number of nitrogens with one attached hydrogen (secondary N) is 2.